The molecule has 0 radical (unpaired) electrons. The van der Waals surface area contributed by atoms with Gasteiger partial charge in [-0.2, -0.15) is 0 Å². The number of rotatable bonds is 4. The molecule has 0 aliphatic rings. The fourth-order valence-electron chi connectivity index (χ4n) is 1.40. The third-order valence-electron chi connectivity index (χ3n) is 2.59. The zero-order valence-electron chi connectivity index (χ0n) is 10.4. The number of ether oxygens (including phenoxy) is 1. The van der Waals surface area contributed by atoms with Crippen LogP contribution in [0.15, 0.2) is 18.2 Å². The lowest BCUT2D eigenvalue weighted by Crippen LogP contribution is -2.31. The van der Waals surface area contributed by atoms with E-state index in [9.17, 15) is 9.59 Å². The van der Waals surface area contributed by atoms with E-state index in [1.54, 1.807) is 0 Å². The first kappa shape index (κ1) is 13.2. The highest BCUT2D eigenvalue weighted by molar-refractivity contribution is 5.83. The summed E-state index contributed by atoms with van der Waals surface area (Å²) in [5, 5.41) is 2.50. The minimum absolute atomic E-state index is 0.0832. The van der Waals surface area contributed by atoms with E-state index in [-0.39, 0.29) is 18.9 Å². The second-order valence-electron chi connectivity index (χ2n) is 3.95. The van der Waals surface area contributed by atoms with Gasteiger partial charge >= 0.3 is 5.97 Å². The van der Waals surface area contributed by atoms with Crippen LogP contribution in [0.1, 0.15) is 16.7 Å². The molecule has 1 N–H and O–H groups in total. The molecule has 1 aromatic rings. The van der Waals surface area contributed by atoms with Crippen molar-refractivity contribution < 1.29 is 14.3 Å². The number of hydrogen-bond acceptors (Lipinski definition) is 3. The summed E-state index contributed by atoms with van der Waals surface area (Å²) in [6, 6.07) is 5.88. The first-order chi connectivity index (χ1) is 8.02. The van der Waals surface area contributed by atoms with Crippen molar-refractivity contribution in [3.63, 3.8) is 0 Å². The Kier molecular flexibility index (Phi) is 4.69. The van der Waals surface area contributed by atoms with Crippen LogP contribution in [0, 0.1) is 13.8 Å². The molecule has 0 aliphatic heterocycles. The maximum absolute atomic E-state index is 11.5. The zero-order chi connectivity index (χ0) is 12.8. The lowest BCUT2D eigenvalue weighted by Gasteiger charge is -2.06. The summed E-state index contributed by atoms with van der Waals surface area (Å²) in [5.74, 6) is -0.628. The average molecular weight is 235 g/mol. The summed E-state index contributed by atoms with van der Waals surface area (Å²) in [7, 11) is 1.29. The van der Waals surface area contributed by atoms with E-state index in [4.69, 9.17) is 0 Å². The average Bonchev–Trinajstić information content (AvgIpc) is 2.31. The highest BCUT2D eigenvalue weighted by atomic mass is 16.5. The van der Waals surface area contributed by atoms with Crippen molar-refractivity contribution >= 4 is 11.9 Å². The van der Waals surface area contributed by atoms with Crippen LogP contribution in [0.5, 0.6) is 0 Å². The number of carbonyl (C=O) groups excluding carboxylic acids is 2. The number of amides is 1. The first-order valence-electron chi connectivity index (χ1n) is 5.42. The van der Waals surface area contributed by atoms with Crippen LogP contribution in [0.25, 0.3) is 0 Å². The van der Waals surface area contributed by atoms with Gasteiger partial charge in [0, 0.05) is 0 Å². The number of benzene rings is 1. The topological polar surface area (TPSA) is 55.4 Å². The molecule has 0 saturated carbocycles. The molecule has 0 aromatic heterocycles. The van der Waals surface area contributed by atoms with E-state index in [2.05, 4.69) is 10.1 Å². The van der Waals surface area contributed by atoms with Crippen LogP contribution in [0.4, 0.5) is 0 Å². The summed E-state index contributed by atoms with van der Waals surface area (Å²) in [6.45, 7) is 3.95. The quantitative estimate of drug-likeness (QED) is 0.796. The van der Waals surface area contributed by atoms with Gasteiger partial charge in [0.2, 0.25) is 5.91 Å². The largest absolute Gasteiger partial charge is 0.468 e. The molecule has 0 spiro atoms. The van der Waals surface area contributed by atoms with Crippen molar-refractivity contribution in [3.8, 4) is 0 Å². The molecule has 4 nitrogen and oxygen atoms in total. The van der Waals surface area contributed by atoms with Gasteiger partial charge in [0.25, 0.3) is 0 Å². The third-order valence-corrected chi connectivity index (χ3v) is 2.59. The molecule has 1 aromatic carbocycles. The van der Waals surface area contributed by atoms with Gasteiger partial charge in [-0.05, 0) is 30.5 Å². The van der Waals surface area contributed by atoms with Crippen LogP contribution >= 0.6 is 0 Å². The fourth-order valence-corrected chi connectivity index (χ4v) is 1.40. The Bertz CT molecular complexity index is 427. The summed E-state index contributed by atoms with van der Waals surface area (Å²) >= 11 is 0. The molecule has 0 saturated heterocycles. The molecule has 0 atom stereocenters. The van der Waals surface area contributed by atoms with E-state index in [1.807, 2.05) is 32.0 Å². The molecular formula is C13H17NO3. The van der Waals surface area contributed by atoms with Crippen molar-refractivity contribution in [3.05, 3.63) is 34.9 Å². The highest BCUT2D eigenvalue weighted by Crippen LogP contribution is 2.10. The van der Waals surface area contributed by atoms with E-state index in [0.29, 0.717) is 0 Å². The lowest BCUT2D eigenvalue weighted by atomic mass is 10.0. The monoisotopic (exact) mass is 235 g/mol. The Labute approximate surface area is 101 Å². The summed E-state index contributed by atoms with van der Waals surface area (Å²) in [6.07, 6.45) is 0.276. The molecule has 0 bridgehead atoms. The van der Waals surface area contributed by atoms with Crippen molar-refractivity contribution in [2.45, 2.75) is 20.3 Å². The molecule has 1 amide bonds. The maximum Gasteiger partial charge on any atom is 0.325 e. The van der Waals surface area contributed by atoms with Crippen molar-refractivity contribution in [2.75, 3.05) is 13.7 Å². The van der Waals surface area contributed by atoms with Crippen molar-refractivity contribution in [1.29, 1.82) is 0 Å². The van der Waals surface area contributed by atoms with Gasteiger partial charge in [-0.3, -0.25) is 9.59 Å². The molecule has 4 heteroatoms. The number of esters is 1. The van der Waals surface area contributed by atoms with E-state index in [1.165, 1.54) is 12.7 Å². The Morgan fingerprint density at radius 3 is 2.53 bits per heavy atom. The smallest absolute Gasteiger partial charge is 0.325 e. The van der Waals surface area contributed by atoms with Gasteiger partial charge < -0.3 is 10.1 Å². The number of aryl methyl sites for hydroxylation is 2. The SMILES string of the molecule is COC(=O)CNC(=O)Cc1ccc(C)c(C)c1. The minimum Gasteiger partial charge on any atom is -0.468 e. The van der Waals surface area contributed by atoms with Crippen LogP contribution in [-0.2, 0) is 20.7 Å². The van der Waals surface area contributed by atoms with E-state index >= 15 is 0 Å². The summed E-state index contributed by atoms with van der Waals surface area (Å²) in [5.41, 5.74) is 3.29. The normalized spacial score (nSPS) is 9.82. The maximum atomic E-state index is 11.5. The summed E-state index contributed by atoms with van der Waals surface area (Å²) in [4.78, 5) is 22.3. The Balaban J connectivity index is 2.50. The van der Waals surface area contributed by atoms with E-state index < -0.39 is 5.97 Å². The van der Waals surface area contributed by atoms with E-state index in [0.717, 1.165) is 11.1 Å². The van der Waals surface area contributed by atoms with Crippen LogP contribution in [0.3, 0.4) is 0 Å². The molecule has 92 valence electrons. The van der Waals surface area contributed by atoms with Crippen molar-refractivity contribution in [1.82, 2.24) is 5.32 Å². The van der Waals surface area contributed by atoms with Crippen molar-refractivity contribution in [2.24, 2.45) is 0 Å². The third kappa shape index (κ3) is 4.26. The van der Waals surface area contributed by atoms with Gasteiger partial charge in [0.1, 0.15) is 6.54 Å². The minimum atomic E-state index is -0.446. The molecule has 0 fully saturated rings. The molecule has 1 rings (SSSR count). The lowest BCUT2D eigenvalue weighted by molar-refractivity contribution is -0.141. The number of carbonyl (C=O) groups is 2. The predicted molar refractivity (Wildman–Crippen MR) is 64.6 cm³/mol. The Hall–Kier alpha value is -1.84. The van der Waals surface area contributed by atoms with Gasteiger partial charge in [0.05, 0.1) is 13.5 Å². The van der Waals surface area contributed by atoms with Crippen LogP contribution in [0.2, 0.25) is 0 Å². The van der Waals surface area contributed by atoms with Crippen LogP contribution < -0.4 is 5.32 Å². The van der Waals surface area contributed by atoms with Crippen LogP contribution in [-0.4, -0.2) is 25.5 Å². The summed E-state index contributed by atoms with van der Waals surface area (Å²) < 4.78 is 4.43. The number of methoxy groups -OCH3 is 1. The fraction of sp³-hybridized carbons (Fsp3) is 0.385. The first-order valence-corrected chi connectivity index (χ1v) is 5.42. The van der Waals surface area contributed by atoms with Gasteiger partial charge in [-0.25, -0.2) is 0 Å². The highest BCUT2D eigenvalue weighted by Gasteiger charge is 2.06. The Morgan fingerprint density at radius 1 is 1.24 bits per heavy atom. The number of hydrogen-bond donors (Lipinski definition) is 1. The molecule has 17 heavy (non-hydrogen) atoms. The zero-order valence-corrected chi connectivity index (χ0v) is 10.4. The van der Waals surface area contributed by atoms with Gasteiger partial charge in [-0.1, -0.05) is 18.2 Å². The Morgan fingerprint density at radius 2 is 1.94 bits per heavy atom. The number of nitrogens with one attached hydrogen (secondary N) is 1. The second kappa shape index (κ2) is 6.03. The molecule has 0 aliphatic carbocycles. The predicted octanol–water partition coefficient (Wildman–Crippen LogP) is 1.14. The molecule has 0 unspecified atom stereocenters. The standard InChI is InChI=1S/C13H17NO3/c1-9-4-5-11(6-10(9)2)7-12(15)14-8-13(16)17-3/h4-6H,7-8H2,1-3H3,(H,14,15). The van der Waals surface area contributed by atoms with Gasteiger partial charge in [0.15, 0.2) is 0 Å². The molecule has 0 heterocycles. The van der Waals surface area contributed by atoms with Gasteiger partial charge in [-0.15, -0.1) is 0 Å². The molecular weight excluding hydrogens is 218 g/mol. The second-order valence-corrected chi connectivity index (χ2v) is 3.95.